The van der Waals surface area contributed by atoms with E-state index in [1.807, 2.05) is 0 Å². The Bertz CT molecular complexity index is 620. The van der Waals surface area contributed by atoms with Crippen LogP contribution in [0.1, 0.15) is 5.56 Å². The Balaban J connectivity index is 2.74. The van der Waals surface area contributed by atoms with Gasteiger partial charge in [0, 0.05) is 13.7 Å². The Labute approximate surface area is 119 Å². The van der Waals surface area contributed by atoms with Crippen molar-refractivity contribution in [3.63, 3.8) is 0 Å². The van der Waals surface area contributed by atoms with Gasteiger partial charge >= 0.3 is 0 Å². The summed E-state index contributed by atoms with van der Waals surface area (Å²) in [6, 6.07) is 6.12. The molecular weight excluding hydrogens is 302 g/mol. The normalized spacial score (nSPS) is 12.5. The van der Waals surface area contributed by atoms with Crippen molar-refractivity contribution in [2.24, 2.45) is 5.73 Å². The summed E-state index contributed by atoms with van der Waals surface area (Å²) in [5, 5.41) is 0. The predicted octanol–water partition coefficient (Wildman–Crippen LogP) is -0.0198. The largest absolute Gasteiger partial charge is 0.384 e. The first-order chi connectivity index (χ1) is 9.30. The molecule has 8 heteroatoms. The molecule has 0 radical (unpaired) electrons. The second-order valence-corrected chi connectivity index (χ2v) is 8.72. The van der Waals surface area contributed by atoms with Crippen LogP contribution in [0.4, 0.5) is 0 Å². The molecule has 1 aromatic rings. The molecule has 0 aromatic heterocycles. The second kappa shape index (κ2) is 7.16. The zero-order valence-corrected chi connectivity index (χ0v) is 12.9. The highest BCUT2D eigenvalue weighted by Gasteiger charge is 2.19. The summed E-state index contributed by atoms with van der Waals surface area (Å²) in [7, 11) is -5.63. The molecule has 0 spiro atoms. The standard InChI is InChI=1S/C12H19NO5S2/c1-18-6-7-19(14,15)8-9-20(16,17)12-4-2-11(10-13)3-5-12/h2-5H,6-10,13H2,1H3. The number of hydrogen-bond donors (Lipinski definition) is 1. The van der Waals surface area contributed by atoms with Crippen LogP contribution in [-0.2, 0) is 31.0 Å². The fourth-order valence-corrected chi connectivity index (χ4v) is 4.80. The number of ether oxygens (including phenoxy) is 1. The van der Waals surface area contributed by atoms with E-state index in [-0.39, 0.29) is 17.3 Å². The third-order valence-corrected chi connectivity index (χ3v) is 6.38. The molecule has 0 heterocycles. The lowest BCUT2D eigenvalue weighted by Gasteiger charge is -2.06. The van der Waals surface area contributed by atoms with Gasteiger partial charge in [-0.25, -0.2) is 16.8 Å². The third kappa shape index (κ3) is 5.20. The first-order valence-corrected chi connectivity index (χ1v) is 9.49. The minimum Gasteiger partial charge on any atom is -0.384 e. The van der Waals surface area contributed by atoms with Gasteiger partial charge in [-0.15, -0.1) is 0 Å². The number of methoxy groups -OCH3 is 1. The van der Waals surface area contributed by atoms with E-state index in [2.05, 4.69) is 4.74 Å². The first-order valence-electron chi connectivity index (χ1n) is 6.02. The van der Waals surface area contributed by atoms with Gasteiger partial charge in [-0.3, -0.25) is 0 Å². The molecule has 1 rings (SSSR count). The molecule has 0 aliphatic heterocycles. The maximum Gasteiger partial charge on any atom is 0.179 e. The van der Waals surface area contributed by atoms with Crippen molar-refractivity contribution in [3.8, 4) is 0 Å². The van der Waals surface area contributed by atoms with E-state index >= 15 is 0 Å². The zero-order valence-electron chi connectivity index (χ0n) is 11.3. The van der Waals surface area contributed by atoms with E-state index in [4.69, 9.17) is 5.73 Å². The topological polar surface area (TPSA) is 104 Å². The Morgan fingerprint density at radius 3 is 2.10 bits per heavy atom. The lowest BCUT2D eigenvalue weighted by Crippen LogP contribution is -2.21. The van der Waals surface area contributed by atoms with Crippen molar-refractivity contribution < 1.29 is 21.6 Å². The molecule has 0 saturated heterocycles. The first kappa shape index (κ1) is 17.1. The summed E-state index contributed by atoms with van der Waals surface area (Å²) in [5.41, 5.74) is 6.25. The number of nitrogens with two attached hydrogens (primary N) is 1. The summed E-state index contributed by atoms with van der Waals surface area (Å²) >= 11 is 0. The summed E-state index contributed by atoms with van der Waals surface area (Å²) in [4.78, 5) is 0.108. The van der Waals surface area contributed by atoms with Crippen molar-refractivity contribution >= 4 is 19.7 Å². The average Bonchev–Trinajstić information content (AvgIpc) is 2.43. The van der Waals surface area contributed by atoms with Gasteiger partial charge in [0.05, 0.1) is 28.8 Å². The van der Waals surface area contributed by atoms with Crippen LogP contribution in [0.5, 0.6) is 0 Å². The highest BCUT2D eigenvalue weighted by molar-refractivity contribution is 7.95. The van der Waals surface area contributed by atoms with E-state index in [9.17, 15) is 16.8 Å². The van der Waals surface area contributed by atoms with Gasteiger partial charge in [-0.1, -0.05) is 12.1 Å². The summed E-state index contributed by atoms with van der Waals surface area (Å²) in [5.74, 6) is -1.01. The molecule has 114 valence electrons. The van der Waals surface area contributed by atoms with Crippen LogP contribution in [0.25, 0.3) is 0 Å². The molecule has 0 saturated carbocycles. The van der Waals surface area contributed by atoms with Crippen molar-refractivity contribution in [1.82, 2.24) is 0 Å². The molecule has 0 aliphatic carbocycles. The van der Waals surface area contributed by atoms with Crippen molar-refractivity contribution in [3.05, 3.63) is 29.8 Å². The fraction of sp³-hybridized carbons (Fsp3) is 0.500. The number of sulfone groups is 2. The molecular formula is C12H19NO5S2. The highest BCUT2D eigenvalue weighted by Crippen LogP contribution is 2.13. The maximum atomic E-state index is 12.0. The van der Waals surface area contributed by atoms with Gasteiger partial charge in [0.15, 0.2) is 19.7 Å². The van der Waals surface area contributed by atoms with Crippen LogP contribution < -0.4 is 5.73 Å². The molecule has 6 nitrogen and oxygen atoms in total. The van der Waals surface area contributed by atoms with Gasteiger partial charge in [-0.05, 0) is 17.7 Å². The van der Waals surface area contributed by atoms with Gasteiger partial charge in [0.25, 0.3) is 0 Å². The fourth-order valence-electron chi connectivity index (χ4n) is 1.50. The van der Waals surface area contributed by atoms with E-state index in [0.717, 1.165) is 5.56 Å². The summed E-state index contributed by atoms with van der Waals surface area (Å²) in [6.45, 7) is 0.388. The smallest absolute Gasteiger partial charge is 0.179 e. The Hall–Kier alpha value is -0.960. The van der Waals surface area contributed by atoms with E-state index in [1.165, 1.54) is 19.2 Å². The number of rotatable bonds is 8. The van der Waals surface area contributed by atoms with E-state index in [1.54, 1.807) is 12.1 Å². The minimum absolute atomic E-state index is 0.0631. The van der Waals surface area contributed by atoms with Crippen LogP contribution in [0, 0.1) is 0 Å². The number of hydrogen-bond acceptors (Lipinski definition) is 6. The van der Waals surface area contributed by atoms with Gasteiger partial charge in [0.2, 0.25) is 0 Å². The van der Waals surface area contributed by atoms with Gasteiger partial charge in [-0.2, -0.15) is 0 Å². The van der Waals surface area contributed by atoms with Crippen LogP contribution >= 0.6 is 0 Å². The third-order valence-electron chi connectivity index (χ3n) is 2.78. The summed E-state index contributed by atoms with van der Waals surface area (Å²) < 4.78 is 51.9. The highest BCUT2D eigenvalue weighted by atomic mass is 32.2. The lowest BCUT2D eigenvalue weighted by molar-refractivity contribution is 0.217. The average molecular weight is 321 g/mol. The van der Waals surface area contributed by atoms with Gasteiger partial charge < -0.3 is 10.5 Å². The van der Waals surface area contributed by atoms with Crippen molar-refractivity contribution in [2.45, 2.75) is 11.4 Å². The predicted molar refractivity (Wildman–Crippen MR) is 76.9 cm³/mol. The molecule has 0 amide bonds. The Kier molecular flexibility index (Phi) is 6.12. The van der Waals surface area contributed by atoms with Crippen LogP contribution in [0.2, 0.25) is 0 Å². The SMILES string of the molecule is COCCS(=O)(=O)CCS(=O)(=O)c1ccc(CN)cc1. The van der Waals surface area contributed by atoms with Crippen molar-refractivity contribution in [1.29, 1.82) is 0 Å². The van der Waals surface area contributed by atoms with Crippen LogP contribution in [-0.4, -0.2) is 47.8 Å². The van der Waals surface area contributed by atoms with Crippen LogP contribution in [0.15, 0.2) is 29.2 Å². The Morgan fingerprint density at radius 1 is 1.00 bits per heavy atom. The molecule has 0 unspecified atom stereocenters. The molecule has 20 heavy (non-hydrogen) atoms. The summed E-state index contributed by atoms with van der Waals surface area (Å²) in [6.07, 6.45) is 0. The minimum atomic E-state index is -3.60. The molecule has 1 aromatic carbocycles. The molecule has 0 bridgehead atoms. The quantitative estimate of drug-likeness (QED) is 0.722. The monoisotopic (exact) mass is 321 g/mol. The molecule has 0 atom stereocenters. The molecule has 2 N–H and O–H groups in total. The Morgan fingerprint density at radius 2 is 1.60 bits per heavy atom. The molecule has 0 fully saturated rings. The second-order valence-electron chi connectivity index (χ2n) is 4.31. The molecule has 0 aliphatic rings. The van der Waals surface area contributed by atoms with E-state index < -0.39 is 31.2 Å². The zero-order chi connectivity index (χ0) is 15.2. The van der Waals surface area contributed by atoms with Crippen LogP contribution in [0.3, 0.4) is 0 Å². The van der Waals surface area contributed by atoms with E-state index in [0.29, 0.717) is 6.54 Å². The lowest BCUT2D eigenvalue weighted by atomic mass is 10.2. The van der Waals surface area contributed by atoms with Crippen molar-refractivity contribution in [2.75, 3.05) is 31.0 Å². The maximum absolute atomic E-state index is 12.0. The number of benzene rings is 1. The van der Waals surface area contributed by atoms with Gasteiger partial charge in [0.1, 0.15) is 0 Å².